The van der Waals surface area contributed by atoms with Crippen molar-refractivity contribution in [3.63, 3.8) is 0 Å². The lowest BCUT2D eigenvalue weighted by Crippen LogP contribution is -2.27. The van der Waals surface area contributed by atoms with Crippen molar-refractivity contribution in [3.8, 4) is 0 Å². The molecule has 0 saturated heterocycles. The van der Waals surface area contributed by atoms with Crippen LogP contribution in [0.15, 0.2) is 0 Å². The summed E-state index contributed by atoms with van der Waals surface area (Å²) in [5.41, 5.74) is 0. The van der Waals surface area contributed by atoms with Crippen LogP contribution < -0.4 is 5.32 Å². The van der Waals surface area contributed by atoms with Gasteiger partial charge in [-0.05, 0) is 25.2 Å². The minimum atomic E-state index is -0.840. The molecule has 4 heteroatoms. The summed E-state index contributed by atoms with van der Waals surface area (Å²) in [5, 5.41) is 11.5. The summed E-state index contributed by atoms with van der Waals surface area (Å²) >= 11 is 0. The van der Waals surface area contributed by atoms with E-state index in [9.17, 15) is 9.59 Å². The number of aliphatic carboxylic acids is 1. The molecular weight excluding hydrogens is 194 g/mol. The van der Waals surface area contributed by atoms with Crippen LogP contribution >= 0.6 is 0 Å². The molecular formula is C11H17NO3. The highest BCUT2D eigenvalue weighted by Crippen LogP contribution is 2.38. The van der Waals surface area contributed by atoms with Gasteiger partial charge in [-0.25, -0.2) is 0 Å². The lowest BCUT2D eigenvalue weighted by atomic mass is 10.2. The van der Waals surface area contributed by atoms with Crippen molar-refractivity contribution in [1.29, 1.82) is 0 Å². The highest BCUT2D eigenvalue weighted by molar-refractivity contribution is 5.89. The van der Waals surface area contributed by atoms with Crippen molar-refractivity contribution < 1.29 is 14.7 Å². The number of carbonyl (C=O) groups excluding carboxylic acids is 1. The van der Waals surface area contributed by atoms with E-state index in [0.717, 1.165) is 12.3 Å². The van der Waals surface area contributed by atoms with Crippen LogP contribution in [0, 0.1) is 17.8 Å². The summed E-state index contributed by atoms with van der Waals surface area (Å²) in [6, 6.07) is 0. The minimum absolute atomic E-state index is 0.0711. The molecule has 1 amide bonds. The smallest absolute Gasteiger partial charge is 0.307 e. The van der Waals surface area contributed by atoms with E-state index in [0.29, 0.717) is 13.0 Å². The Balaban J connectivity index is 1.55. The van der Waals surface area contributed by atoms with Gasteiger partial charge in [0.1, 0.15) is 0 Å². The van der Waals surface area contributed by atoms with E-state index >= 15 is 0 Å². The molecule has 2 atom stereocenters. The number of carboxylic acid groups (broad SMARTS) is 1. The highest BCUT2D eigenvalue weighted by Gasteiger charge is 2.48. The van der Waals surface area contributed by atoms with Gasteiger partial charge < -0.3 is 10.4 Å². The molecule has 0 bridgehead atoms. The molecule has 84 valence electrons. The molecule has 0 aromatic heterocycles. The molecule has 0 aromatic rings. The standard InChI is InChI=1S/C11H17NO3/c13-10(8-6-9(8)11(14)15)12-5-1-2-7-3-4-7/h7-9H,1-6H2,(H,12,13)(H,14,15). The van der Waals surface area contributed by atoms with Gasteiger partial charge in [0.2, 0.25) is 5.91 Å². The molecule has 0 heterocycles. The van der Waals surface area contributed by atoms with E-state index in [-0.39, 0.29) is 11.8 Å². The maximum absolute atomic E-state index is 11.4. The first-order chi connectivity index (χ1) is 7.18. The Morgan fingerprint density at radius 2 is 2.00 bits per heavy atom. The van der Waals surface area contributed by atoms with E-state index in [1.54, 1.807) is 0 Å². The van der Waals surface area contributed by atoms with Gasteiger partial charge in [-0.2, -0.15) is 0 Å². The molecule has 15 heavy (non-hydrogen) atoms. The third-order valence-electron chi connectivity index (χ3n) is 3.23. The molecule has 0 aliphatic heterocycles. The van der Waals surface area contributed by atoms with Crippen LogP contribution in [0.25, 0.3) is 0 Å². The first kappa shape index (κ1) is 10.5. The summed E-state index contributed by atoms with van der Waals surface area (Å²) in [6.07, 6.45) is 5.44. The van der Waals surface area contributed by atoms with Crippen molar-refractivity contribution in [2.45, 2.75) is 32.1 Å². The molecule has 2 fully saturated rings. The number of hydrogen-bond acceptors (Lipinski definition) is 2. The van der Waals surface area contributed by atoms with E-state index in [4.69, 9.17) is 5.11 Å². The number of amides is 1. The fourth-order valence-electron chi connectivity index (χ4n) is 1.90. The van der Waals surface area contributed by atoms with Gasteiger partial charge in [0.05, 0.1) is 11.8 Å². The van der Waals surface area contributed by atoms with E-state index in [1.165, 1.54) is 19.3 Å². The first-order valence-electron chi connectivity index (χ1n) is 5.69. The summed E-state index contributed by atoms with van der Waals surface area (Å²) < 4.78 is 0. The maximum atomic E-state index is 11.4. The van der Waals surface area contributed by atoms with Gasteiger partial charge in [0.15, 0.2) is 0 Å². The number of rotatable bonds is 6. The fourth-order valence-corrected chi connectivity index (χ4v) is 1.90. The topological polar surface area (TPSA) is 66.4 Å². The second-order valence-electron chi connectivity index (χ2n) is 4.66. The molecule has 2 unspecified atom stereocenters. The van der Waals surface area contributed by atoms with Crippen molar-refractivity contribution >= 4 is 11.9 Å². The van der Waals surface area contributed by atoms with Crippen LogP contribution in [-0.4, -0.2) is 23.5 Å². The third kappa shape index (κ3) is 2.94. The van der Waals surface area contributed by atoms with Crippen molar-refractivity contribution in [3.05, 3.63) is 0 Å². The zero-order valence-electron chi connectivity index (χ0n) is 8.74. The molecule has 2 N–H and O–H groups in total. The third-order valence-corrected chi connectivity index (χ3v) is 3.23. The van der Waals surface area contributed by atoms with E-state index in [1.807, 2.05) is 0 Å². The monoisotopic (exact) mass is 211 g/mol. The van der Waals surface area contributed by atoms with Crippen LogP contribution in [0.1, 0.15) is 32.1 Å². The lowest BCUT2D eigenvalue weighted by Gasteiger charge is -2.03. The summed E-state index contributed by atoms with van der Waals surface area (Å²) in [4.78, 5) is 21.9. The van der Waals surface area contributed by atoms with Crippen LogP contribution in [0.3, 0.4) is 0 Å². The van der Waals surface area contributed by atoms with Crippen LogP contribution in [0.2, 0.25) is 0 Å². The van der Waals surface area contributed by atoms with E-state index < -0.39 is 11.9 Å². The SMILES string of the molecule is O=C(O)C1CC1C(=O)NCCCC1CC1. The van der Waals surface area contributed by atoms with Crippen molar-refractivity contribution in [2.24, 2.45) is 17.8 Å². The van der Waals surface area contributed by atoms with Gasteiger partial charge >= 0.3 is 5.97 Å². The molecule has 2 rings (SSSR count). The average molecular weight is 211 g/mol. The fraction of sp³-hybridized carbons (Fsp3) is 0.818. The number of carbonyl (C=O) groups is 2. The molecule has 0 aromatic carbocycles. The molecule has 0 radical (unpaired) electrons. The zero-order chi connectivity index (χ0) is 10.8. The Hall–Kier alpha value is -1.06. The van der Waals surface area contributed by atoms with Gasteiger partial charge in [-0.15, -0.1) is 0 Å². The number of hydrogen-bond donors (Lipinski definition) is 2. The van der Waals surface area contributed by atoms with Gasteiger partial charge in [-0.1, -0.05) is 12.8 Å². The van der Waals surface area contributed by atoms with Crippen LogP contribution in [0.4, 0.5) is 0 Å². The Bertz CT molecular complexity index is 273. The van der Waals surface area contributed by atoms with Crippen LogP contribution in [-0.2, 0) is 9.59 Å². The Kier molecular flexibility index (Phi) is 2.93. The Morgan fingerprint density at radius 3 is 2.53 bits per heavy atom. The molecule has 2 saturated carbocycles. The Labute approximate surface area is 89.0 Å². The average Bonchev–Trinajstić information content (AvgIpc) is 3.00. The predicted octanol–water partition coefficient (Wildman–Crippen LogP) is 1.01. The van der Waals surface area contributed by atoms with Gasteiger partial charge in [-0.3, -0.25) is 9.59 Å². The van der Waals surface area contributed by atoms with E-state index in [2.05, 4.69) is 5.32 Å². The molecule has 4 nitrogen and oxygen atoms in total. The molecule has 0 spiro atoms. The maximum Gasteiger partial charge on any atom is 0.307 e. The number of nitrogens with one attached hydrogen (secondary N) is 1. The predicted molar refractivity (Wildman–Crippen MR) is 54.2 cm³/mol. The quantitative estimate of drug-likeness (QED) is 0.644. The van der Waals surface area contributed by atoms with Gasteiger partial charge in [0, 0.05) is 6.54 Å². The molecule has 2 aliphatic carbocycles. The lowest BCUT2D eigenvalue weighted by molar-refractivity contribution is -0.140. The highest BCUT2D eigenvalue weighted by atomic mass is 16.4. The van der Waals surface area contributed by atoms with Gasteiger partial charge in [0.25, 0.3) is 0 Å². The zero-order valence-corrected chi connectivity index (χ0v) is 8.74. The normalized spacial score (nSPS) is 28.5. The minimum Gasteiger partial charge on any atom is -0.481 e. The largest absolute Gasteiger partial charge is 0.481 e. The van der Waals surface area contributed by atoms with Crippen molar-refractivity contribution in [2.75, 3.05) is 6.54 Å². The number of carboxylic acids is 1. The summed E-state index contributed by atoms with van der Waals surface area (Å²) in [7, 11) is 0. The first-order valence-corrected chi connectivity index (χ1v) is 5.69. The molecule has 2 aliphatic rings. The second-order valence-corrected chi connectivity index (χ2v) is 4.66. The van der Waals surface area contributed by atoms with Crippen molar-refractivity contribution in [1.82, 2.24) is 5.32 Å². The van der Waals surface area contributed by atoms with Crippen LogP contribution in [0.5, 0.6) is 0 Å². The summed E-state index contributed by atoms with van der Waals surface area (Å²) in [6.45, 7) is 0.707. The Morgan fingerprint density at radius 1 is 1.27 bits per heavy atom. The second kappa shape index (κ2) is 4.21. The summed E-state index contributed by atoms with van der Waals surface area (Å²) in [5.74, 6) is -0.697.